The van der Waals surface area contributed by atoms with Crippen molar-refractivity contribution in [2.24, 2.45) is 5.73 Å². The Morgan fingerprint density at radius 1 is 1.43 bits per heavy atom. The fraction of sp³-hybridized carbons (Fsp3) is 0.267. The predicted octanol–water partition coefficient (Wildman–Crippen LogP) is 1.41. The van der Waals surface area contributed by atoms with Gasteiger partial charge in [-0.25, -0.2) is 4.98 Å². The van der Waals surface area contributed by atoms with E-state index in [9.17, 15) is 0 Å². The summed E-state index contributed by atoms with van der Waals surface area (Å²) in [5, 5.41) is 0. The second-order valence-electron chi connectivity index (χ2n) is 4.32. The standard InChI is InChI=1S/C15H20N4O2/c1-20-15-5-3-2-4-13(15)14(18-21-11-7-16)6-9-19-10-8-17-12-19/h2-6,8,10,12,18H,7,9,11,16H2,1H3. The Morgan fingerprint density at radius 2 is 2.29 bits per heavy atom. The van der Waals surface area contributed by atoms with Gasteiger partial charge in [0.15, 0.2) is 0 Å². The van der Waals surface area contributed by atoms with Gasteiger partial charge in [0.25, 0.3) is 0 Å². The minimum absolute atomic E-state index is 0.428. The van der Waals surface area contributed by atoms with Gasteiger partial charge in [-0.1, -0.05) is 12.1 Å². The molecule has 0 atom stereocenters. The smallest absolute Gasteiger partial charge is 0.128 e. The topological polar surface area (TPSA) is 74.3 Å². The van der Waals surface area contributed by atoms with Crippen molar-refractivity contribution in [1.29, 1.82) is 0 Å². The number of para-hydroxylation sites is 1. The Balaban J connectivity index is 2.20. The normalized spacial score (nSPS) is 11.4. The molecule has 6 nitrogen and oxygen atoms in total. The molecule has 1 heterocycles. The van der Waals surface area contributed by atoms with Crippen LogP contribution in [-0.2, 0) is 11.4 Å². The van der Waals surface area contributed by atoms with Gasteiger partial charge in [0.2, 0.25) is 0 Å². The first kappa shape index (κ1) is 15.1. The van der Waals surface area contributed by atoms with Gasteiger partial charge in [0, 0.05) is 31.0 Å². The number of imidazole rings is 1. The summed E-state index contributed by atoms with van der Waals surface area (Å²) >= 11 is 0. The molecule has 0 unspecified atom stereocenters. The summed E-state index contributed by atoms with van der Waals surface area (Å²) in [6.45, 7) is 1.55. The molecule has 0 amide bonds. The van der Waals surface area contributed by atoms with E-state index < -0.39 is 0 Å². The van der Waals surface area contributed by atoms with E-state index in [0.29, 0.717) is 19.7 Å². The highest BCUT2D eigenvalue weighted by molar-refractivity contribution is 5.68. The van der Waals surface area contributed by atoms with Crippen LogP contribution in [0.4, 0.5) is 0 Å². The average molecular weight is 288 g/mol. The van der Waals surface area contributed by atoms with Gasteiger partial charge in [-0.05, 0) is 18.2 Å². The molecule has 0 spiro atoms. The van der Waals surface area contributed by atoms with Gasteiger partial charge in [-0.3, -0.25) is 10.3 Å². The van der Waals surface area contributed by atoms with Crippen molar-refractivity contribution in [2.45, 2.75) is 6.54 Å². The highest BCUT2D eigenvalue weighted by Crippen LogP contribution is 2.24. The molecule has 2 aromatic rings. The molecule has 6 heteroatoms. The number of hydroxylamine groups is 1. The summed E-state index contributed by atoms with van der Waals surface area (Å²) in [5.74, 6) is 0.776. The first-order chi connectivity index (χ1) is 10.3. The Bertz CT molecular complexity index is 567. The van der Waals surface area contributed by atoms with Crippen LogP contribution >= 0.6 is 0 Å². The van der Waals surface area contributed by atoms with Crippen molar-refractivity contribution in [3.05, 3.63) is 54.6 Å². The summed E-state index contributed by atoms with van der Waals surface area (Å²) in [6, 6.07) is 7.76. The lowest BCUT2D eigenvalue weighted by molar-refractivity contribution is 0.0846. The third-order valence-corrected chi connectivity index (χ3v) is 2.86. The molecule has 0 radical (unpaired) electrons. The number of rotatable bonds is 8. The van der Waals surface area contributed by atoms with Crippen LogP contribution < -0.4 is 16.0 Å². The van der Waals surface area contributed by atoms with E-state index in [-0.39, 0.29) is 0 Å². The lowest BCUT2D eigenvalue weighted by Gasteiger charge is -2.14. The lowest BCUT2D eigenvalue weighted by atomic mass is 10.1. The number of aromatic nitrogens is 2. The number of nitrogens with zero attached hydrogens (tertiary/aromatic N) is 2. The number of methoxy groups -OCH3 is 1. The fourth-order valence-electron chi connectivity index (χ4n) is 1.85. The van der Waals surface area contributed by atoms with Gasteiger partial charge < -0.3 is 15.0 Å². The molecule has 0 bridgehead atoms. The highest BCUT2D eigenvalue weighted by atomic mass is 16.6. The third kappa shape index (κ3) is 4.34. The van der Waals surface area contributed by atoms with E-state index in [1.165, 1.54) is 0 Å². The van der Waals surface area contributed by atoms with Crippen molar-refractivity contribution in [3.63, 3.8) is 0 Å². The summed E-state index contributed by atoms with van der Waals surface area (Å²) in [7, 11) is 1.65. The molecule has 1 aromatic heterocycles. The molecule has 0 fully saturated rings. The molecule has 1 aromatic carbocycles. The number of nitrogens with one attached hydrogen (secondary N) is 1. The maximum Gasteiger partial charge on any atom is 0.128 e. The fourth-order valence-corrected chi connectivity index (χ4v) is 1.85. The molecular weight excluding hydrogens is 268 g/mol. The molecule has 0 saturated heterocycles. The van der Waals surface area contributed by atoms with Crippen molar-refractivity contribution < 1.29 is 9.57 Å². The molecule has 3 N–H and O–H groups in total. The van der Waals surface area contributed by atoms with Crippen molar-refractivity contribution in [3.8, 4) is 5.75 Å². The first-order valence-corrected chi connectivity index (χ1v) is 6.72. The largest absolute Gasteiger partial charge is 0.496 e. The van der Waals surface area contributed by atoms with Crippen molar-refractivity contribution in [1.82, 2.24) is 15.0 Å². The van der Waals surface area contributed by atoms with Gasteiger partial charge in [0.1, 0.15) is 5.75 Å². The highest BCUT2D eigenvalue weighted by Gasteiger charge is 2.07. The zero-order valence-corrected chi connectivity index (χ0v) is 12.0. The van der Waals surface area contributed by atoms with Crippen LogP contribution in [0.3, 0.4) is 0 Å². The molecule has 0 aliphatic carbocycles. The van der Waals surface area contributed by atoms with Crippen LogP contribution in [-0.4, -0.2) is 29.8 Å². The van der Waals surface area contributed by atoms with E-state index in [0.717, 1.165) is 17.0 Å². The molecule has 2 rings (SSSR count). The molecule has 0 aliphatic rings. The summed E-state index contributed by atoms with van der Waals surface area (Å²) in [4.78, 5) is 9.37. The van der Waals surface area contributed by atoms with Gasteiger partial charge in [0.05, 0.1) is 25.7 Å². The monoisotopic (exact) mass is 288 g/mol. The number of benzene rings is 1. The van der Waals surface area contributed by atoms with E-state index in [1.54, 1.807) is 19.6 Å². The number of allylic oxidation sites excluding steroid dienone is 1. The molecule has 112 valence electrons. The van der Waals surface area contributed by atoms with Crippen LogP contribution in [0, 0.1) is 0 Å². The van der Waals surface area contributed by atoms with Crippen LogP contribution in [0.15, 0.2) is 49.1 Å². The van der Waals surface area contributed by atoms with Crippen molar-refractivity contribution >= 4 is 5.70 Å². The second kappa shape index (κ2) is 8.08. The van der Waals surface area contributed by atoms with Crippen LogP contribution in [0.25, 0.3) is 5.70 Å². The molecule has 21 heavy (non-hydrogen) atoms. The van der Waals surface area contributed by atoms with E-state index in [4.69, 9.17) is 15.3 Å². The van der Waals surface area contributed by atoms with Gasteiger partial charge >= 0.3 is 0 Å². The predicted molar refractivity (Wildman–Crippen MR) is 81.3 cm³/mol. The van der Waals surface area contributed by atoms with Crippen LogP contribution in [0.5, 0.6) is 5.75 Å². The summed E-state index contributed by atoms with van der Waals surface area (Å²) in [6.07, 6.45) is 7.42. The molecule has 0 aliphatic heterocycles. The Hall–Kier alpha value is -2.31. The number of ether oxygens (including phenoxy) is 1. The Kier molecular flexibility index (Phi) is 5.81. The Labute approximate surface area is 124 Å². The minimum Gasteiger partial charge on any atom is -0.496 e. The van der Waals surface area contributed by atoms with Gasteiger partial charge in [-0.2, -0.15) is 0 Å². The van der Waals surface area contributed by atoms with E-state index in [2.05, 4.69) is 10.5 Å². The van der Waals surface area contributed by atoms with Crippen LogP contribution in [0.2, 0.25) is 0 Å². The minimum atomic E-state index is 0.428. The SMILES string of the molecule is COc1ccccc1C(=CCn1ccnc1)NOCCN. The summed E-state index contributed by atoms with van der Waals surface area (Å²) in [5.41, 5.74) is 10.1. The molecular formula is C15H20N4O2. The number of hydrogen-bond acceptors (Lipinski definition) is 5. The van der Waals surface area contributed by atoms with E-state index >= 15 is 0 Å². The zero-order chi connectivity index (χ0) is 14.9. The first-order valence-electron chi connectivity index (χ1n) is 6.72. The zero-order valence-electron chi connectivity index (χ0n) is 12.0. The second-order valence-corrected chi connectivity index (χ2v) is 4.32. The maximum atomic E-state index is 5.44. The molecule has 0 saturated carbocycles. The van der Waals surface area contributed by atoms with E-state index in [1.807, 2.05) is 41.1 Å². The maximum absolute atomic E-state index is 5.44. The van der Waals surface area contributed by atoms with Gasteiger partial charge in [-0.15, -0.1) is 0 Å². The van der Waals surface area contributed by atoms with Crippen LogP contribution in [0.1, 0.15) is 5.56 Å². The average Bonchev–Trinajstić information content (AvgIpc) is 3.04. The third-order valence-electron chi connectivity index (χ3n) is 2.86. The Morgan fingerprint density at radius 3 is 3.00 bits per heavy atom. The number of hydrogen-bond donors (Lipinski definition) is 2. The lowest BCUT2D eigenvalue weighted by Crippen LogP contribution is -2.19. The summed E-state index contributed by atoms with van der Waals surface area (Å²) < 4.78 is 7.35. The van der Waals surface area contributed by atoms with Crippen molar-refractivity contribution in [2.75, 3.05) is 20.3 Å². The number of nitrogens with two attached hydrogens (primary N) is 1. The quantitative estimate of drug-likeness (QED) is 0.567.